The molecule has 1 amide bonds. The van der Waals surface area contributed by atoms with Crippen LogP contribution >= 0.6 is 11.8 Å². The van der Waals surface area contributed by atoms with Crippen molar-refractivity contribution in [1.29, 1.82) is 0 Å². The van der Waals surface area contributed by atoms with Gasteiger partial charge in [0.25, 0.3) is 5.91 Å². The van der Waals surface area contributed by atoms with Gasteiger partial charge < -0.3 is 5.32 Å². The first-order valence-corrected chi connectivity index (χ1v) is 8.26. The van der Waals surface area contributed by atoms with E-state index in [0.29, 0.717) is 5.56 Å². The standard InChI is InChI=1S/C16H19N3OS/c1-3-21-12-7-4-6-11(10-12)16(20)17-15-13-8-5-9-14(13)18-19(15)2/h4,6-7,10H,3,5,8-9H2,1-2H3,(H,17,20). The maximum absolute atomic E-state index is 12.5. The molecule has 3 rings (SSSR count). The molecule has 0 spiro atoms. The van der Waals surface area contributed by atoms with Crippen LogP contribution in [-0.4, -0.2) is 21.4 Å². The summed E-state index contributed by atoms with van der Waals surface area (Å²) in [5, 5.41) is 7.51. The number of carbonyl (C=O) groups is 1. The van der Waals surface area contributed by atoms with Crippen LogP contribution in [0.1, 0.15) is 35.0 Å². The number of benzene rings is 1. The van der Waals surface area contributed by atoms with Gasteiger partial charge in [-0.2, -0.15) is 5.10 Å². The largest absolute Gasteiger partial charge is 0.307 e. The second kappa shape index (κ2) is 5.93. The lowest BCUT2D eigenvalue weighted by Crippen LogP contribution is -2.15. The van der Waals surface area contributed by atoms with E-state index in [4.69, 9.17) is 0 Å². The molecule has 1 aromatic heterocycles. The summed E-state index contributed by atoms with van der Waals surface area (Å²) in [6.07, 6.45) is 3.15. The summed E-state index contributed by atoms with van der Waals surface area (Å²) in [6.45, 7) is 2.11. The third kappa shape index (κ3) is 2.83. The van der Waals surface area contributed by atoms with E-state index in [-0.39, 0.29) is 5.91 Å². The third-order valence-electron chi connectivity index (χ3n) is 3.71. The lowest BCUT2D eigenvalue weighted by molar-refractivity contribution is 0.102. The summed E-state index contributed by atoms with van der Waals surface area (Å²) in [5.74, 6) is 1.78. The maximum atomic E-state index is 12.5. The molecule has 1 aromatic carbocycles. The van der Waals surface area contributed by atoms with Gasteiger partial charge in [0, 0.05) is 23.1 Å². The first-order chi connectivity index (χ1) is 10.2. The average molecular weight is 301 g/mol. The predicted molar refractivity (Wildman–Crippen MR) is 86.0 cm³/mol. The smallest absolute Gasteiger partial charge is 0.256 e. The Morgan fingerprint density at radius 3 is 3.10 bits per heavy atom. The summed E-state index contributed by atoms with van der Waals surface area (Å²) in [4.78, 5) is 13.6. The van der Waals surface area contributed by atoms with Gasteiger partial charge in [0.05, 0.1) is 5.69 Å². The molecule has 0 atom stereocenters. The van der Waals surface area contributed by atoms with Gasteiger partial charge in [-0.15, -0.1) is 11.8 Å². The summed E-state index contributed by atoms with van der Waals surface area (Å²) in [5.41, 5.74) is 3.02. The minimum atomic E-state index is -0.0637. The van der Waals surface area contributed by atoms with Gasteiger partial charge in [-0.3, -0.25) is 9.48 Å². The Balaban J connectivity index is 1.82. The molecule has 0 saturated heterocycles. The Hall–Kier alpha value is -1.75. The molecule has 2 aromatic rings. The van der Waals surface area contributed by atoms with Crippen LogP contribution in [0.15, 0.2) is 29.2 Å². The number of thioether (sulfide) groups is 1. The van der Waals surface area contributed by atoms with Crippen molar-refractivity contribution in [2.24, 2.45) is 7.05 Å². The Kier molecular flexibility index (Phi) is 4.01. The number of rotatable bonds is 4. The fourth-order valence-corrected chi connectivity index (χ4v) is 3.47. The first kappa shape index (κ1) is 14.2. The van der Waals surface area contributed by atoms with Crippen molar-refractivity contribution < 1.29 is 4.79 Å². The quantitative estimate of drug-likeness (QED) is 0.882. The third-order valence-corrected chi connectivity index (χ3v) is 4.58. The summed E-state index contributed by atoms with van der Waals surface area (Å²) in [6, 6.07) is 7.76. The van der Waals surface area contributed by atoms with E-state index in [0.717, 1.165) is 41.4 Å². The molecule has 5 heteroatoms. The van der Waals surface area contributed by atoms with Crippen LogP contribution < -0.4 is 5.32 Å². The number of nitrogens with one attached hydrogen (secondary N) is 1. The number of amides is 1. The van der Waals surface area contributed by atoms with Crippen LogP contribution in [0.5, 0.6) is 0 Å². The SMILES string of the molecule is CCSc1cccc(C(=O)Nc2c3c(nn2C)CCC3)c1. The second-order valence-corrected chi connectivity index (χ2v) is 6.50. The van der Waals surface area contributed by atoms with Gasteiger partial charge in [0.1, 0.15) is 5.82 Å². The van der Waals surface area contributed by atoms with Crippen LogP contribution in [0.2, 0.25) is 0 Å². The van der Waals surface area contributed by atoms with E-state index in [1.165, 1.54) is 5.56 Å². The number of aromatic nitrogens is 2. The second-order valence-electron chi connectivity index (χ2n) is 5.17. The molecule has 1 heterocycles. The van der Waals surface area contributed by atoms with Crippen molar-refractivity contribution in [3.63, 3.8) is 0 Å². The molecular weight excluding hydrogens is 282 g/mol. The van der Waals surface area contributed by atoms with Crippen LogP contribution in [0, 0.1) is 0 Å². The van der Waals surface area contributed by atoms with Gasteiger partial charge >= 0.3 is 0 Å². The molecule has 1 N–H and O–H groups in total. The number of fused-ring (bicyclic) bond motifs is 1. The molecule has 0 fully saturated rings. The molecule has 1 aliphatic rings. The number of carbonyl (C=O) groups excluding carboxylic acids is 1. The van der Waals surface area contributed by atoms with Gasteiger partial charge in [0.2, 0.25) is 0 Å². The van der Waals surface area contributed by atoms with Gasteiger partial charge in [-0.25, -0.2) is 0 Å². The van der Waals surface area contributed by atoms with E-state index in [1.807, 2.05) is 31.3 Å². The molecule has 110 valence electrons. The number of aryl methyl sites for hydroxylation is 2. The van der Waals surface area contributed by atoms with E-state index < -0.39 is 0 Å². The van der Waals surface area contributed by atoms with Crippen molar-refractivity contribution in [3.05, 3.63) is 41.1 Å². The van der Waals surface area contributed by atoms with Crippen LogP contribution in [0.25, 0.3) is 0 Å². The zero-order valence-corrected chi connectivity index (χ0v) is 13.2. The number of nitrogens with zero attached hydrogens (tertiary/aromatic N) is 2. The highest BCUT2D eigenvalue weighted by Crippen LogP contribution is 2.28. The van der Waals surface area contributed by atoms with Gasteiger partial charge in [0.15, 0.2) is 0 Å². The minimum Gasteiger partial charge on any atom is -0.307 e. The lowest BCUT2D eigenvalue weighted by atomic mass is 10.2. The Morgan fingerprint density at radius 1 is 1.43 bits per heavy atom. The molecule has 0 bridgehead atoms. The van der Waals surface area contributed by atoms with Crippen molar-refractivity contribution in [2.45, 2.75) is 31.1 Å². The maximum Gasteiger partial charge on any atom is 0.256 e. The fraction of sp³-hybridized carbons (Fsp3) is 0.375. The molecule has 1 aliphatic carbocycles. The van der Waals surface area contributed by atoms with E-state index in [2.05, 4.69) is 17.3 Å². The van der Waals surface area contributed by atoms with E-state index in [9.17, 15) is 4.79 Å². The highest BCUT2D eigenvalue weighted by atomic mass is 32.2. The van der Waals surface area contributed by atoms with E-state index in [1.54, 1.807) is 16.4 Å². The molecular formula is C16H19N3OS. The van der Waals surface area contributed by atoms with Gasteiger partial charge in [-0.05, 0) is 43.2 Å². The highest BCUT2D eigenvalue weighted by Gasteiger charge is 2.22. The predicted octanol–water partition coefficient (Wildman–Crippen LogP) is 3.27. The first-order valence-electron chi connectivity index (χ1n) is 7.28. The molecule has 0 aliphatic heterocycles. The highest BCUT2D eigenvalue weighted by molar-refractivity contribution is 7.99. The van der Waals surface area contributed by atoms with Gasteiger partial charge in [-0.1, -0.05) is 13.0 Å². The summed E-state index contributed by atoms with van der Waals surface area (Å²) >= 11 is 1.74. The molecule has 0 radical (unpaired) electrons. The zero-order valence-electron chi connectivity index (χ0n) is 12.3. The van der Waals surface area contributed by atoms with Crippen LogP contribution in [0.3, 0.4) is 0 Å². The number of hydrogen-bond donors (Lipinski definition) is 1. The monoisotopic (exact) mass is 301 g/mol. The van der Waals surface area contributed by atoms with Crippen LogP contribution in [0.4, 0.5) is 5.82 Å². The minimum absolute atomic E-state index is 0.0637. The van der Waals surface area contributed by atoms with E-state index >= 15 is 0 Å². The lowest BCUT2D eigenvalue weighted by Gasteiger charge is -2.08. The Labute approximate surface area is 128 Å². The molecule has 0 unspecified atom stereocenters. The number of hydrogen-bond acceptors (Lipinski definition) is 3. The van der Waals surface area contributed by atoms with Crippen molar-refractivity contribution in [1.82, 2.24) is 9.78 Å². The Bertz CT molecular complexity index is 678. The zero-order chi connectivity index (χ0) is 14.8. The topological polar surface area (TPSA) is 46.9 Å². The molecule has 21 heavy (non-hydrogen) atoms. The Morgan fingerprint density at radius 2 is 2.29 bits per heavy atom. The summed E-state index contributed by atoms with van der Waals surface area (Å²) < 4.78 is 1.78. The van der Waals surface area contributed by atoms with Crippen molar-refractivity contribution in [2.75, 3.05) is 11.1 Å². The fourth-order valence-electron chi connectivity index (χ4n) is 2.75. The summed E-state index contributed by atoms with van der Waals surface area (Å²) in [7, 11) is 1.89. The average Bonchev–Trinajstić information content (AvgIpc) is 3.03. The molecule has 0 saturated carbocycles. The number of anilines is 1. The normalized spacial score (nSPS) is 13.2. The van der Waals surface area contributed by atoms with Crippen LogP contribution in [-0.2, 0) is 19.9 Å². The van der Waals surface area contributed by atoms with Crippen molar-refractivity contribution >= 4 is 23.5 Å². The van der Waals surface area contributed by atoms with Crippen molar-refractivity contribution in [3.8, 4) is 0 Å². The molecule has 4 nitrogen and oxygen atoms in total.